The molecule has 3 heterocycles. The Morgan fingerprint density at radius 3 is 1.86 bits per heavy atom. The van der Waals surface area contributed by atoms with E-state index in [1.165, 1.54) is 60.3 Å². The van der Waals surface area contributed by atoms with E-state index in [-0.39, 0.29) is 0 Å². The molecular weight excluding hydrogens is 649 g/mol. The van der Waals surface area contributed by atoms with Crippen LogP contribution >= 0.6 is 21.6 Å². The zero-order chi connectivity index (χ0) is 34.3. The molecule has 0 unspecified atom stereocenters. The summed E-state index contributed by atoms with van der Waals surface area (Å²) in [6.07, 6.45) is 19.0. The maximum atomic E-state index is 4.00. The number of hydrogen-bond donors (Lipinski definition) is 1. The van der Waals surface area contributed by atoms with Gasteiger partial charge in [0.05, 0.1) is 11.5 Å². The molecule has 7 rings (SSSR count). The van der Waals surface area contributed by atoms with Crippen molar-refractivity contribution >= 4 is 89.6 Å². The van der Waals surface area contributed by atoms with E-state index in [0.29, 0.717) is 0 Å². The first-order valence-electron chi connectivity index (χ1n) is 17.0. The van der Waals surface area contributed by atoms with Gasteiger partial charge in [-0.1, -0.05) is 107 Å². The van der Waals surface area contributed by atoms with Gasteiger partial charge in [-0.05, 0) is 58.7 Å². The van der Waals surface area contributed by atoms with Gasteiger partial charge in [-0.3, -0.25) is 0 Å². The Kier molecular flexibility index (Phi) is 10.5. The first-order valence-corrected chi connectivity index (χ1v) is 19.5. The molecular formula is C44H42N4S2+2. The molecule has 0 aliphatic rings. The summed E-state index contributed by atoms with van der Waals surface area (Å²) in [5.41, 5.74) is 9.71. The van der Waals surface area contributed by atoms with Crippen LogP contribution in [0.4, 0.5) is 0 Å². The van der Waals surface area contributed by atoms with E-state index in [1.54, 1.807) is 0 Å². The van der Waals surface area contributed by atoms with Crippen molar-refractivity contribution in [2.75, 3.05) is 18.1 Å². The van der Waals surface area contributed by atoms with Crippen molar-refractivity contribution in [3.63, 3.8) is 0 Å². The summed E-state index contributed by atoms with van der Waals surface area (Å²) in [6.45, 7) is 5.91. The van der Waals surface area contributed by atoms with Crippen molar-refractivity contribution in [2.45, 2.75) is 6.54 Å². The highest BCUT2D eigenvalue weighted by molar-refractivity contribution is 8.76. The van der Waals surface area contributed by atoms with Crippen LogP contribution in [-0.4, -0.2) is 33.4 Å². The second kappa shape index (κ2) is 15.7. The molecule has 0 saturated heterocycles. The average molecular weight is 691 g/mol. The number of nitrogens with one attached hydrogen (secondary N) is 1. The minimum absolute atomic E-state index is 0.918. The van der Waals surface area contributed by atoms with E-state index >= 15 is 0 Å². The molecule has 4 nitrogen and oxygen atoms in total. The summed E-state index contributed by atoms with van der Waals surface area (Å²) >= 11 is 0. The van der Waals surface area contributed by atoms with E-state index < -0.39 is 0 Å². The normalized spacial score (nSPS) is 12.6. The first-order chi connectivity index (χ1) is 24.6. The lowest BCUT2D eigenvalue weighted by Gasteiger charge is -1.99. The molecule has 248 valence electrons. The first kappa shape index (κ1) is 33.5. The summed E-state index contributed by atoms with van der Waals surface area (Å²) in [5.74, 6) is 2.10. The molecule has 0 bridgehead atoms. The number of aryl methyl sites for hydroxylation is 3. The average Bonchev–Trinajstić information content (AvgIpc) is 3.61. The highest BCUT2D eigenvalue weighted by atomic mass is 33.1. The van der Waals surface area contributed by atoms with Crippen molar-refractivity contribution < 1.29 is 9.56 Å². The van der Waals surface area contributed by atoms with Crippen molar-refractivity contribution in [1.82, 2.24) is 9.13 Å². The van der Waals surface area contributed by atoms with Crippen molar-refractivity contribution in [3.8, 4) is 0 Å². The molecule has 0 fully saturated rings. The highest BCUT2D eigenvalue weighted by Gasteiger charge is 2.09. The van der Waals surface area contributed by atoms with Gasteiger partial charge in [-0.15, -0.1) is 0 Å². The molecule has 0 saturated carbocycles. The van der Waals surface area contributed by atoms with Gasteiger partial charge in [0, 0.05) is 75.9 Å². The van der Waals surface area contributed by atoms with Crippen molar-refractivity contribution in [3.05, 3.63) is 157 Å². The largest absolute Gasteiger partial charge is 0.344 e. The van der Waals surface area contributed by atoms with Gasteiger partial charge in [0.1, 0.15) is 0 Å². The van der Waals surface area contributed by atoms with Gasteiger partial charge in [0.2, 0.25) is 0 Å². The number of allylic oxidation sites excluding steroid dienone is 4. The third-order valence-corrected chi connectivity index (χ3v) is 11.6. The maximum absolute atomic E-state index is 4.00. The minimum Gasteiger partial charge on any atom is -0.344 e. The lowest BCUT2D eigenvalue weighted by Crippen LogP contribution is -2.69. The third-order valence-electron chi connectivity index (χ3n) is 9.20. The van der Waals surface area contributed by atoms with Crippen molar-refractivity contribution in [1.29, 1.82) is 0 Å². The van der Waals surface area contributed by atoms with Crippen LogP contribution in [0.25, 0.3) is 61.8 Å². The van der Waals surface area contributed by atoms with Crippen LogP contribution in [0, 0.1) is 0 Å². The van der Waals surface area contributed by atoms with Crippen LogP contribution < -0.4 is 9.56 Å². The summed E-state index contributed by atoms with van der Waals surface area (Å²) in [7, 11) is 8.10. The zero-order valence-electron chi connectivity index (χ0n) is 28.6. The Balaban J connectivity index is 0.834. The lowest BCUT2D eigenvalue weighted by molar-refractivity contribution is -0.692. The van der Waals surface area contributed by atoms with Gasteiger partial charge in [-0.25, -0.2) is 9.56 Å². The number of rotatable bonds is 13. The van der Waals surface area contributed by atoms with Crippen LogP contribution in [0.1, 0.15) is 16.7 Å². The third kappa shape index (κ3) is 7.42. The van der Waals surface area contributed by atoms with Crippen LogP contribution in [-0.2, 0) is 20.6 Å². The monoisotopic (exact) mass is 690 g/mol. The molecule has 3 aromatic heterocycles. The molecule has 4 aromatic carbocycles. The van der Waals surface area contributed by atoms with Gasteiger partial charge >= 0.3 is 0 Å². The molecule has 1 N–H and O–H groups in total. The van der Waals surface area contributed by atoms with Gasteiger partial charge < -0.3 is 9.13 Å². The van der Waals surface area contributed by atoms with E-state index in [2.05, 4.69) is 179 Å². The number of pyridine rings is 1. The molecule has 7 aromatic rings. The summed E-state index contributed by atoms with van der Waals surface area (Å²) < 4.78 is 6.79. The zero-order valence-corrected chi connectivity index (χ0v) is 30.3. The molecule has 0 radical (unpaired) electrons. The Morgan fingerprint density at radius 2 is 1.22 bits per heavy atom. The number of hydrogen-bond acceptors (Lipinski definition) is 2. The Morgan fingerprint density at radius 1 is 0.660 bits per heavy atom. The summed E-state index contributed by atoms with van der Waals surface area (Å²) in [5, 5.41) is 5.17. The number of para-hydroxylation sites is 2. The van der Waals surface area contributed by atoms with Crippen LogP contribution in [0.3, 0.4) is 0 Å². The van der Waals surface area contributed by atoms with E-state index in [0.717, 1.165) is 30.2 Å². The molecule has 0 spiro atoms. The number of fused-ring (bicyclic) bond motifs is 6. The number of benzene rings is 4. The summed E-state index contributed by atoms with van der Waals surface area (Å²) in [6, 6.07) is 34.9. The predicted molar refractivity (Wildman–Crippen MR) is 221 cm³/mol. The Labute approximate surface area is 302 Å². The maximum Gasteiger partial charge on any atom is 0.169 e. The van der Waals surface area contributed by atoms with Crippen LogP contribution in [0.15, 0.2) is 140 Å². The van der Waals surface area contributed by atoms with Gasteiger partial charge in [-0.2, -0.15) is 0 Å². The SMILES string of the molecule is C=CC(/C=C/c1ccc2c(c1)c1ccccc1n2C)=C\C=[NH+]CCSSCC[n+]1ccc(/C=C/c2ccc3c(c2)c2ccccc2n3C)cc1. The fourth-order valence-corrected chi connectivity index (χ4v) is 8.39. The smallest absolute Gasteiger partial charge is 0.169 e. The van der Waals surface area contributed by atoms with Gasteiger partial charge in [0.25, 0.3) is 0 Å². The van der Waals surface area contributed by atoms with Crippen LogP contribution in [0.5, 0.6) is 0 Å². The van der Waals surface area contributed by atoms with Crippen LogP contribution in [0.2, 0.25) is 0 Å². The second-order valence-corrected chi connectivity index (χ2v) is 15.1. The number of aromatic nitrogens is 3. The topological polar surface area (TPSA) is 27.7 Å². The highest BCUT2D eigenvalue weighted by Crippen LogP contribution is 2.30. The molecule has 50 heavy (non-hydrogen) atoms. The molecule has 6 heteroatoms. The lowest BCUT2D eigenvalue weighted by atomic mass is 10.1. The molecule has 0 atom stereocenters. The quantitative estimate of drug-likeness (QED) is 0.0431. The molecule has 0 aliphatic carbocycles. The van der Waals surface area contributed by atoms with E-state index in [9.17, 15) is 0 Å². The van der Waals surface area contributed by atoms with Crippen molar-refractivity contribution in [2.24, 2.45) is 14.1 Å². The van der Waals surface area contributed by atoms with Gasteiger partial charge in [0.15, 0.2) is 31.7 Å². The molecule has 0 amide bonds. The second-order valence-electron chi connectivity index (χ2n) is 12.4. The Hall–Kier alpha value is -5.04. The standard InChI is InChI=1S/C44H41N4S2/c1-4-33(13-15-35-17-19-43-39(31-35)37-9-5-7-11-41(37)46(43)2)21-24-45-25-29-49-50-30-28-48-26-22-34(23-27-48)14-16-36-18-20-44-40(32-36)38-10-6-8-12-42(38)47(44)3/h4-24,26-27,31-32H,1,25,28-30H2,2-3H3/q+1/p+1/b15-13+,33-21+,45-24?. The number of nitrogens with zero attached hydrogens (tertiary/aromatic N) is 3. The fraction of sp³-hybridized carbons (Fsp3) is 0.136. The van der Waals surface area contributed by atoms with E-state index in [1.807, 2.05) is 33.9 Å². The molecule has 0 aliphatic heterocycles. The minimum atomic E-state index is 0.918. The summed E-state index contributed by atoms with van der Waals surface area (Å²) in [4.78, 5) is 3.42. The predicted octanol–water partition coefficient (Wildman–Crippen LogP) is 8.79. The van der Waals surface area contributed by atoms with E-state index in [4.69, 9.17) is 0 Å². The fourth-order valence-electron chi connectivity index (χ4n) is 6.48. The Bertz CT molecular complexity index is 2420.